The van der Waals surface area contributed by atoms with Gasteiger partial charge in [-0.3, -0.25) is 9.52 Å². The number of para-hydroxylation sites is 2. The highest BCUT2D eigenvalue weighted by molar-refractivity contribution is 7.92. The number of nitrogens with one attached hydrogen (secondary N) is 2. The maximum Gasteiger partial charge on any atom is 0.337 e. The summed E-state index contributed by atoms with van der Waals surface area (Å²) < 4.78 is 27.7. The molecule has 0 radical (unpaired) electrons. The van der Waals surface area contributed by atoms with Crippen LogP contribution < -0.4 is 10.0 Å². The van der Waals surface area contributed by atoms with Crippen molar-refractivity contribution in [1.29, 1.82) is 0 Å². The van der Waals surface area contributed by atoms with Crippen LogP contribution in [0, 0.1) is 0 Å². The molecule has 3 aromatic rings. The summed E-state index contributed by atoms with van der Waals surface area (Å²) in [4.78, 5) is 23.7. The predicted molar refractivity (Wildman–Crippen MR) is 110 cm³/mol. The van der Waals surface area contributed by atoms with Gasteiger partial charge in [-0.25, -0.2) is 13.2 Å². The molecular formula is C20H15ClN2O5S. The van der Waals surface area contributed by atoms with Crippen molar-refractivity contribution < 1.29 is 23.1 Å². The quantitative estimate of drug-likeness (QED) is 0.545. The van der Waals surface area contributed by atoms with Crippen LogP contribution in [0.1, 0.15) is 20.7 Å². The van der Waals surface area contributed by atoms with Crippen molar-refractivity contribution in [2.75, 3.05) is 10.0 Å². The van der Waals surface area contributed by atoms with Crippen LogP contribution in [0.5, 0.6) is 0 Å². The molecule has 0 fully saturated rings. The number of rotatable bonds is 6. The first-order valence-electron chi connectivity index (χ1n) is 8.29. The summed E-state index contributed by atoms with van der Waals surface area (Å²) in [6.45, 7) is 0. The summed E-state index contributed by atoms with van der Waals surface area (Å²) in [5, 5.41) is 11.9. The van der Waals surface area contributed by atoms with Crippen LogP contribution >= 0.6 is 11.6 Å². The Labute approximate surface area is 172 Å². The van der Waals surface area contributed by atoms with Crippen molar-refractivity contribution in [1.82, 2.24) is 0 Å². The Morgan fingerprint density at radius 2 is 1.52 bits per heavy atom. The lowest BCUT2D eigenvalue weighted by atomic mass is 10.1. The van der Waals surface area contributed by atoms with E-state index >= 15 is 0 Å². The van der Waals surface area contributed by atoms with Crippen molar-refractivity contribution in [3.63, 3.8) is 0 Å². The van der Waals surface area contributed by atoms with Gasteiger partial charge in [0.25, 0.3) is 15.9 Å². The van der Waals surface area contributed by atoms with Gasteiger partial charge in [0.2, 0.25) is 0 Å². The molecule has 148 valence electrons. The van der Waals surface area contributed by atoms with E-state index in [1.807, 2.05) is 0 Å². The Morgan fingerprint density at radius 3 is 2.21 bits per heavy atom. The van der Waals surface area contributed by atoms with Crippen LogP contribution in [0.4, 0.5) is 11.4 Å². The Hall–Kier alpha value is -3.36. The molecule has 3 rings (SSSR count). The minimum absolute atomic E-state index is 0.0484. The van der Waals surface area contributed by atoms with Crippen LogP contribution in [0.2, 0.25) is 5.02 Å². The SMILES string of the molecule is O=C(Nc1ccccc1C(=O)O)c1cccc(S(=O)(=O)Nc2ccccc2Cl)c1. The fraction of sp³-hybridized carbons (Fsp3) is 0. The summed E-state index contributed by atoms with van der Waals surface area (Å²) in [6.07, 6.45) is 0. The van der Waals surface area contributed by atoms with E-state index in [2.05, 4.69) is 10.0 Å². The van der Waals surface area contributed by atoms with Gasteiger partial charge in [0, 0.05) is 5.56 Å². The van der Waals surface area contributed by atoms with E-state index < -0.39 is 21.9 Å². The number of hydrogen-bond acceptors (Lipinski definition) is 4. The van der Waals surface area contributed by atoms with E-state index in [0.29, 0.717) is 0 Å². The number of anilines is 2. The summed E-state index contributed by atoms with van der Waals surface area (Å²) in [7, 11) is -3.99. The molecule has 0 heterocycles. The molecule has 29 heavy (non-hydrogen) atoms. The molecule has 9 heteroatoms. The summed E-state index contributed by atoms with van der Waals surface area (Å²) in [5.74, 6) is -1.84. The highest BCUT2D eigenvalue weighted by atomic mass is 35.5. The number of carboxylic acid groups (broad SMARTS) is 1. The molecule has 0 spiro atoms. The Kier molecular flexibility index (Phi) is 5.86. The lowest BCUT2D eigenvalue weighted by molar-refractivity contribution is 0.0698. The third kappa shape index (κ3) is 4.74. The van der Waals surface area contributed by atoms with Gasteiger partial charge in [-0.15, -0.1) is 0 Å². The fourth-order valence-electron chi connectivity index (χ4n) is 2.53. The van der Waals surface area contributed by atoms with Crippen LogP contribution in [0.25, 0.3) is 0 Å². The summed E-state index contributed by atoms with van der Waals surface area (Å²) in [6, 6.07) is 17.6. The Bertz CT molecular complexity index is 1190. The molecule has 7 nitrogen and oxygen atoms in total. The molecule has 0 aromatic heterocycles. The van der Waals surface area contributed by atoms with Gasteiger partial charge in [0.05, 0.1) is 26.9 Å². The fourth-order valence-corrected chi connectivity index (χ4v) is 3.89. The molecule has 0 atom stereocenters. The third-order valence-electron chi connectivity index (χ3n) is 3.93. The molecule has 0 unspecified atom stereocenters. The Morgan fingerprint density at radius 1 is 0.862 bits per heavy atom. The maximum absolute atomic E-state index is 12.7. The zero-order valence-electron chi connectivity index (χ0n) is 14.8. The normalized spacial score (nSPS) is 10.9. The molecule has 0 saturated carbocycles. The smallest absolute Gasteiger partial charge is 0.337 e. The molecule has 0 aliphatic rings. The molecule has 1 amide bonds. The standard InChI is InChI=1S/C20H15ClN2O5S/c21-16-9-2-4-11-18(16)23-29(27,28)14-7-5-6-13(12-14)19(24)22-17-10-3-1-8-15(17)20(25)26/h1-12,23H,(H,22,24)(H,25,26). The van der Waals surface area contributed by atoms with Gasteiger partial charge in [-0.2, -0.15) is 0 Å². The van der Waals surface area contributed by atoms with Crippen LogP contribution in [0.15, 0.2) is 77.7 Å². The van der Waals surface area contributed by atoms with E-state index in [0.717, 1.165) is 0 Å². The minimum Gasteiger partial charge on any atom is -0.478 e. The summed E-state index contributed by atoms with van der Waals surface area (Å²) in [5.41, 5.74) is 0.282. The van der Waals surface area contributed by atoms with E-state index in [9.17, 15) is 23.1 Å². The van der Waals surface area contributed by atoms with Crippen molar-refractivity contribution >= 4 is 44.9 Å². The van der Waals surface area contributed by atoms with E-state index in [4.69, 9.17) is 11.6 Å². The van der Waals surface area contributed by atoms with E-state index in [1.165, 1.54) is 48.5 Å². The number of hydrogen-bond donors (Lipinski definition) is 3. The highest BCUT2D eigenvalue weighted by Crippen LogP contribution is 2.24. The topological polar surface area (TPSA) is 113 Å². The molecule has 3 aromatic carbocycles. The molecule has 0 aliphatic heterocycles. The lowest BCUT2D eigenvalue weighted by Gasteiger charge is -2.11. The second-order valence-corrected chi connectivity index (χ2v) is 8.01. The number of sulfonamides is 1. The van der Waals surface area contributed by atoms with E-state index in [-0.39, 0.29) is 32.4 Å². The second kappa shape index (κ2) is 8.34. The van der Waals surface area contributed by atoms with E-state index in [1.54, 1.807) is 24.3 Å². The Balaban J connectivity index is 1.87. The maximum atomic E-state index is 12.7. The van der Waals surface area contributed by atoms with Crippen LogP contribution in [0.3, 0.4) is 0 Å². The summed E-state index contributed by atoms with van der Waals surface area (Å²) >= 11 is 5.99. The van der Waals surface area contributed by atoms with Crippen LogP contribution in [-0.2, 0) is 10.0 Å². The third-order valence-corrected chi connectivity index (χ3v) is 5.62. The molecule has 0 bridgehead atoms. The molecule has 0 saturated heterocycles. The van der Waals surface area contributed by atoms with Crippen molar-refractivity contribution in [3.05, 3.63) is 88.9 Å². The number of aromatic carboxylic acids is 1. The molecular weight excluding hydrogens is 416 g/mol. The van der Waals surface area contributed by atoms with Gasteiger partial charge in [0.1, 0.15) is 0 Å². The molecule has 0 aliphatic carbocycles. The first-order valence-corrected chi connectivity index (χ1v) is 10.1. The van der Waals surface area contributed by atoms with Gasteiger partial charge in [0.15, 0.2) is 0 Å². The number of amides is 1. The molecule has 3 N–H and O–H groups in total. The van der Waals surface area contributed by atoms with Crippen LogP contribution in [-0.4, -0.2) is 25.4 Å². The largest absolute Gasteiger partial charge is 0.478 e. The minimum atomic E-state index is -3.99. The predicted octanol–water partition coefficient (Wildman–Crippen LogP) is 4.09. The van der Waals surface area contributed by atoms with Crippen molar-refractivity contribution in [2.24, 2.45) is 0 Å². The van der Waals surface area contributed by atoms with Gasteiger partial charge in [-0.1, -0.05) is 41.9 Å². The monoisotopic (exact) mass is 430 g/mol. The number of carboxylic acids is 1. The average molecular weight is 431 g/mol. The number of halogens is 1. The second-order valence-electron chi connectivity index (χ2n) is 5.92. The zero-order chi connectivity index (χ0) is 21.0. The number of benzene rings is 3. The van der Waals surface area contributed by atoms with Gasteiger partial charge >= 0.3 is 5.97 Å². The van der Waals surface area contributed by atoms with Crippen molar-refractivity contribution in [2.45, 2.75) is 4.90 Å². The average Bonchev–Trinajstić information content (AvgIpc) is 2.70. The number of carbonyl (C=O) groups is 2. The lowest BCUT2D eigenvalue weighted by Crippen LogP contribution is -2.17. The highest BCUT2D eigenvalue weighted by Gasteiger charge is 2.19. The van der Waals surface area contributed by atoms with Gasteiger partial charge < -0.3 is 10.4 Å². The van der Waals surface area contributed by atoms with Gasteiger partial charge in [-0.05, 0) is 42.5 Å². The zero-order valence-corrected chi connectivity index (χ0v) is 16.4. The number of carbonyl (C=O) groups excluding carboxylic acids is 1. The first kappa shape index (κ1) is 20.4. The first-order chi connectivity index (χ1) is 13.8. The van der Waals surface area contributed by atoms with Crippen molar-refractivity contribution in [3.8, 4) is 0 Å².